The third-order valence-corrected chi connectivity index (χ3v) is 2.48. The van der Waals surface area contributed by atoms with E-state index in [4.69, 9.17) is 0 Å². The zero-order valence-corrected chi connectivity index (χ0v) is 9.44. The summed E-state index contributed by atoms with van der Waals surface area (Å²) in [5, 5.41) is 9.20. The van der Waals surface area contributed by atoms with E-state index >= 15 is 0 Å². The van der Waals surface area contributed by atoms with Crippen molar-refractivity contribution in [1.82, 2.24) is 0 Å². The molecule has 0 heterocycles. The van der Waals surface area contributed by atoms with Gasteiger partial charge in [0.05, 0.1) is 4.47 Å². The molecule has 0 spiro atoms. The SMILES string of the molecule is CC(C)(C)c1cc(Br)c(O)cc1F. The summed E-state index contributed by atoms with van der Waals surface area (Å²) in [4.78, 5) is 0. The summed E-state index contributed by atoms with van der Waals surface area (Å²) in [5.74, 6) is -0.432. The molecule has 0 atom stereocenters. The highest BCUT2D eigenvalue weighted by Gasteiger charge is 2.19. The molecule has 0 unspecified atom stereocenters. The number of hydrogen-bond acceptors (Lipinski definition) is 1. The van der Waals surface area contributed by atoms with Gasteiger partial charge in [-0.25, -0.2) is 4.39 Å². The maximum Gasteiger partial charge on any atom is 0.132 e. The molecule has 1 aromatic rings. The molecule has 0 bridgehead atoms. The third kappa shape index (κ3) is 2.21. The number of benzene rings is 1. The topological polar surface area (TPSA) is 20.2 Å². The fourth-order valence-corrected chi connectivity index (χ4v) is 1.45. The highest BCUT2D eigenvalue weighted by molar-refractivity contribution is 9.10. The molecule has 1 N–H and O–H groups in total. The van der Waals surface area contributed by atoms with Crippen LogP contribution in [0.5, 0.6) is 5.75 Å². The van der Waals surface area contributed by atoms with Crippen LogP contribution in [-0.4, -0.2) is 5.11 Å². The van der Waals surface area contributed by atoms with Crippen LogP contribution in [0.1, 0.15) is 26.3 Å². The second kappa shape index (κ2) is 3.29. The van der Waals surface area contributed by atoms with Crippen LogP contribution >= 0.6 is 15.9 Å². The summed E-state index contributed by atoms with van der Waals surface area (Å²) in [6.45, 7) is 5.78. The highest BCUT2D eigenvalue weighted by Crippen LogP contribution is 2.32. The molecular weight excluding hydrogens is 235 g/mol. The third-order valence-electron chi connectivity index (χ3n) is 1.84. The second-order valence-corrected chi connectivity index (χ2v) is 4.89. The van der Waals surface area contributed by atoms with Crippen LogP contribution in [0.4, 0.5) is 4.39 Å². The van der Waals surface area contributed by atoms with Gasteiger partial charge in [0.1, 0.15) is 11.6 Å². The van der Waals surface area contributed by atoms with Crippen LogP contribution in [0.3, 0.4) is 0 Å². The molecule has 0 aliphatic rings. The van der Waals surface area contributed by atoms with Crippen LogP contribution < -0.4 is 0 Å². The predicted octanol–water partition coefficient (Wildman–Crippen LogP) is 3.59. The first kappa shape index (κ1) is 10.5. The van der Waals surface area contributed by atoms with Crippen LogP contribution in [0.25, 0.3) is 0 Å². The van der Waals surface area contributed by atoms with Crippen molar-refractivity contribution < 1.29 is 9.50 Å². The van der Waals surface area contributed by atoms with Gasteiger partial charge in [0.2, 0.25) is 0 Å². The molecule has 0 amide bonds. The summed E-state index contributed by atoms with van der Waals surface area (Å²) in [7, 11) is 0. The molecule has 1 aromatic carbocycles. The first-order chi connectivity index (χ1) is 5.82. The lowest BCUT2D eigenvalue weighted by Gasteiger charge is -2.20. The second-order valence-electron chi connectivity index (χ2n) is 4.03. The molecule has 0 saturated carbocycles. The summed E-state index contributed by atoms with van der Waals surface area (Å²) in [6.07, 6.45) is 0. The quantitative estimate of drug-likeness (QED) is 0.742. The lowest BCUT2D eigenvalue weighted by atomic mass is 9.87. The minimum absolute atomic E-state index is 0.0644. The molecule has 72 valence electrons. The Kier molecular flexibility index (Phi) is 2.66. The fourth-order valence-electron chi connectivity index (χ4n) is 1.11. The van der Waals surface area contributed by atoms with E-state index in [1.807, 2.05) is 20.8 Å². The number of hydrogen-bond donors (Lipinski definition) is 1. The van der Waals surface area contributed by atoms with Crippen molar-refractivity contribution in [1.29, 1.82) is 0 Å². The first-order valence-electron chi connectivity index (χ1n) is 4.01. The van der Waals surface area contributed by atoms with Crippen LogP contribution in [0.15, 0.2) is 16.6 Å². The van der Waals surface area contributed by atoms with Gasteiger partial charge < -0.3 is 5.11 Å². The number of phenolic OH excluding ortho intramolecular Hbond substituents is 1. The molecule has 0 aromatic heterocycles. The van der Waals surface area contributed by atoms with Crippen molar-refractivity contribution in [3.05, 3.63) is 28.0 Å². The molecular formula is C10H12BrFO. The van der Waals surface area contributed by atoms with Crippen molar-refractivity contribution in [3.8, 4) is 5.75 Å². The van der Waals surface area contributed by atoms with Crippen LogP contribution in [0, 0.1) is 5.82 Å². The van der Waals surface area contributed by atoms with E-state index in [2.05, 4.69) is 15.9 Å². The Morgan fingerprint density at radius 1 is 1.31 bits per heavy atom. The minimum atomic E-state index is -0.367. The number of aromatic hydroxyl groups is 1. The maximum atomic E-state index is 13.3. The van der Waals surface area contributed by atoms with E-state index < -0.39 is 0 Å². The van der Waals surface area contributed by atoms with E-state index in [1.165, 1.54) is 0 Å². The molecule has 1 rings (SSSR count). The Labute approximate surface area is 85.7 Å². The van der Waals surface area contributed by atoms with Gasteiger partial charge in [0.25, 0.3) is 0 Å². The number of phenols is 1. The van der Waals surface area contributed by atoms with Crippen molar-refractivity contribution in [2.24, 2.45) is 0 Å². The largest absolute Gasteiger partial charge is 0.507 e. The van der Waals surface area contributed by atoms with Gasteiger partial charge in [-0.2, -0.15) is 0 Å². The molecule has 0 aliphatic heterocycles. The molecule has 0 saturated heterocycles. The maximum absolute atomic E-state index is 13.3. The Hall–Kier alpha value is -0.570. The van der Waals surface area contributed by atoms with E-state index in [0.29, 0.717) is 10.0 Å². The Balaban J connectivity index is 3.32. The van der Waals surface area contributed by atoms with Crippen LogP contribution in [-0.2, 0) is 5.41 Å². The minimum Gasteiger partial charge on any atom is -0.507 e. The zero-order valence-electron chi connectivity index (χ0n) is 7.86. The fraction of sp³-hybridized carbons (Fsp3) is 0.400. The monoisotopic (exact) mass is 246 g/mol. The smallest absolute Gasteiger partial charge is 0.132 e. The Morgan fingerprint density at radius 3 is 2.31 bits per heavy atom. The van der Waals surface area contributed by atoms with Crippen LogP contribution in [0.2, 0.25) is 0 Å². The summed E-state index contributed by atoms with van der Waals surface area (Å²) < 4.78 is 13.9. The van der Waals surface area contributed by atoms with Crippen molar-refractivity contribution in [2.45, 2.75) is 26.2 Å². The van der Waals surface area contributed by atoms with Crippen molar-refractivity contribution in [3.63, 3.8) is 0 Å². The van der Waals surface area contributed by atoms with Gasteiger partial charge in [-0.15, -0.1) is 0 Å². The van der Waals surface area contributed by atoms with Crippen molar-refractivity contribution in [2.75, 3.05) is 0 Å². The van der Waals surface area contributed by atoms with Gasteiger partial charge >= 0.3 is 0 Å². The molecule has 0 aliphatic carbocycles. The highest BCUT2D eigenvalue weighted by atomic mass is 79.9. The average Bonchev–Trinajstić information content (AvgIpc) is 1.94. The number of halogens is 2. The molecule has 0 fully saturated rings. The summed E-state index contributed by atoms with van der Waals surface area (Å²) >= 11 is 3.16. The van der Waals surface area contributed by atoms with E-state index in [-0.39, 0.29) is 17.0 Å². The van der Waals surface area contributed by atoms with Gasteiger partial charge in [-0.1, -0.05) is 20.8 Å². The zero-order chi connectivity index (χ0) is 10.2. The van der Waals surface area contributed by atoms with Gasteiger partial charge in [-0.3, -0.25) is 0 Å². The van der Waals surface area contributed by atoms with Gasteiger partial charge in [0.15, 0.2) is 0 Å². The lowest BCUT2D eigenvalue weighted by Crippen LogP contribution is -2.13. The molecule has 1 nitrogen and oxygen atoms in total. The lowest BCUT2D eigenvalue weighted by molar-refractivity contribution is 0.458. The standard InChI is InChI=1S/C10H12BrFO/c1-10(2,3)6-4-7(11)9(13)5-8(6)12/h4-5,13H,1-3H3. The molecule has 13 heavy (non-hydrogen) atoms. The molecule has 3 heteroatoms. The van der Waals surface area contributed by atoms with E-state index in [1.54, 1.807) is 6.07 Å². The average molecular weight is 247 g/mol. The first-order valence-corrected chi connectivity index (χ1v) is 4.80. The normalized spacial score (nSPS) is 11.8. The summed E-state index contributed by atoms with van der Waals surface area (Å²) in [6, 6.07) is 2.75. The predicted molar refractivity (Wildman–Crippen MR) is 54.5 cm³/mol. The summed E-state index contributed by atoms with van der Waals surface area (Å²) in [5.41, 5.74) is 0.345. The Bertz CT molecular complexity index is 328. The van der Waals surface area contributed by atoms with Gasteiger partial charge in [0, 0.05) is 6.07 Å². The van der Waals surface area contributed by atoms with E-state index in [0.717, 1.165) is 6.07 Å². The Morgan fingerprint density at radius 2 is 1.85 bits per heavy atom. The van der Waals surface area contributed by atoms with Crippen molar-refractivity contribution >= 4 is 15.9 Å². The molecule has 0 radical (unpaired) electrons. The van der Waals surface area contributed by atoms with E-state index in [9.17, 15) is 9.50 Å². The number of rotatable bonds is 0. The van der Waals surface area contributed by atoms with Gasteiger partial charge in [-0.05, 0) is 33.0 Å².